The Bertz CT molecular complexity index is 370. The topological polar surface area (TPSA) is 29.1 Å². The Morgan fingerprint density at radius 2 is 2.29 bits per heavy atom. The zero-order chi connectivity index (χ0) is 12.7. The molecule has 0 aliphatic heterocycles. The van der Waals surface area contributed by atoms with Crippen molar-refractivity contribution in [2.45, 2.75) is 32.1 Å². The minimum Gasteiger partial charge on any atom is -0.353 e. The molecule has 0 aromatic heterocycles. The maximum Gasteiger partial charge on any atom is 0.230 e. The fourth-order valence-corrected chi connectivity index (χ4v) is 2.54. The molecule has 1 N–H and O–H groups in total. The van der Waals surface area contributed by atoms with Crippen molar-refractivity contribution < 1.29 is 4.79 Å². The van der Waals surface area contributed by atoms with Crippen molar-refractivity contribution in [1.82, 2.24) is 5.32 Å². The Labute approximate surface area is 116 Å². The fourth-order valence-electron chi connectivity index (χ4n) is 1.31. The Hall–Kier alpha value is -0.480. The fraction of sp³-hybridized carbons (Fsp3) is 0.462. The number of thioether (sulfide) groups is 1. The smallest absolute Gasteiger partial charge is 0.230 e. The van der Waals surface area contributed by atoms with E-state index in [4.69, 9.17) is 0 Å². The van der Waals surface area contributed by atoms with Crippen molar-refractivity contribution >= 4 is 33.6 Å². The first-order chi connectivity index (χ1) is 8.11. The average Bonchev–Trinajstić information content (AvgIpc) is 2.29. The summed E-state index contributed by atoms with van der Waals surface area (Å²) in [5.41, 5.74) is 1.24. The van der Waals surface area contributed by atoms with Crippen LogP contribution in [0, 0.1) is 0 Å². The van der Waals surface area contributed by atoms with Gasteiger partial charge in [0, 0.05) is 16.3 Å². The maximum absolute atomic E-state index is 11.5. The summed E-state index contributed by atoms with van der Waals surface area (Å²) in [7, 11) is 0. The molecule has 1 amide bonds. The second-order valence-corrected chi connectivity index (χ2v) is 5.90. The summed E-state index contributed by atoms with van der Waals surface area (Å²) in [6.45, 7) is 4.09. The lowest BCUT2D eigenvalue weighted by molar-refractivity contribution is -0.119. The highest BCUT2D eigenvalue weighted by Gasteiger charge is 2.05. The molecule has 2 nitrogen and oxygen atoms in total. The van der Waals surface area contributed by atoms with Crippen LogP contribution < -0.4 is 5.32 Å². The van der Waals surface area contributed by atoms with Crippen LogP contribution >= 0.6 is 27.7 Å². The van der Waals surface area contributed by atoms with Gasteiger partial charge in [0.25, 0.3) is 0 Å². The first-order valence-electron chi connectivity index (χ1n) is 5.73. The van der Waals surface area contributed by atoms with E-state index in [1.807, 2.05) is 19.1 Å². The van der Waals surface area contributed by atoms with E-state index in [-0.39, 0.29) is 11.9 Å². The van der Waals surface area contributed by atoms with Gasteiger partial charge in [-0.25, -0.2) is 0 Å². The Balaban J connectivity index is 2.26. The average molecular weight is 316 g/mol. The van der Waals surface area contributed by atoms with Gasteiger partial charge in [-0.2, -0.15) is 0 Å². The molecule has 1 rings (SSSR count). The van der Waals surface area contributed by atoms with Gasteiger partial charge < -0.3 is 5.32 Å². The summed E-state index contributed by atoms with van der Waals surface area (Å²) in [4.78, 5) is 11.5. The van der Waals surface area contributed by atoms with E-state index >= 15 is 0 Å². The number of carbonyl (C=O) groups excluding carboxylic acids is 1. The van der Waals surface area contributed by atoms with Crippen LogP contribution in [0.15, 0.2) is 28.7 Å². The molecule has 0 unspecified atom stereocenters. The third kappa shape index (κ3) is 6.13. The van der Waals surface area contributed by atoms with Gasteiger partial charge in [-0.15, -0.1) is 11.8 Å². The van der Waals surface area contributed by atoms with Gasteiger partial charge in [-0.3, -0.25) is 4.79 Å². The van der Waals surface area contributed by atoms with E-state index in [2.05, 4.69) is 40.3 Å². The van der Waals surface area contributed by atoms with Crippen LogP contribution in [0.2, 0.25) is 0 Å². The van der Waals surface area contributed by atoms with Gasteiger partial charge in [-0.05, 0) is 31.0 Å². The summed E-state index contributed by atoms with van der Waals surface area (Å²) in [6.07, 6.45) is 0.974. The summed E-state index contributed by atoms with van der Waals surface area (Å²) in [6, 6.07) is 8.45. The lowest BCUT2D eigenvalue weighted by Gasteiger charge is -2.10. The van der Waals surface area contributed by atoms with Crippen molar-refractivity contribution in [1.29, 1.82) is 0 Å². The van der Waals surface area contributed by atoms with Crippen LogP contribution in [-0.2, 0) is 10.5 Å². The highest BCUT2D eigenvalue weighted by atomic mass is 79.9. The number of rotatable bonds is 6. The molecular formula is C13H18BrNOS. The molecule has 0 radical (unpaired) electrons. The molecule has 4 heteroatoms. The predicted molar refractivity (Wildman–Crippen MR) is 78.2 cm³/mol. The van der Waals surface area contributed by atoms with Crippen molar-refractivity contribution in [3.63, 3.8) is 0 Å². The van der Waals surface area contributed by atoms with Gasteiger partial charge in [-0.1, -0.05) is 35.0 Å². The number of nitrogens with one attached hydrogen (secondary N) is 1. The summed E-state index contributed by atoms with van der Waals surface area (Å²) in [5.74, 6) is 1.52. The normalized spacial score (nSPS) is 12.2. The van der Waals surface area contributed by atoms with E-state index in [1.54, 1.807) is 11.8 Å². The third-order valence-corrected chi connectivity index (χ3v) is 3.91. The van der Waals surface area contributed by atoms with Gasteiger partial charge in [0.15, 0.2) is 0 Å². The quantitative estimate of drug-likeness (QED) is 0.869. The monoisotopic (exact) mass is 315 g/mol. The number of halogens is 1. The van der Waals surface area contributed by atoms with Crippen molar-refractivity contribution in [2.24, 2.45) is 0 Å². The molecule has 0 fully saturated rings. The Kier molecular flexibility index (Phi) is 6.66. The van der Waals surface area contributed by atoms with Crippen LogP contribution in [0.3, 0.4) is 0 Å². The zero-order valence-corrected chi connectivity index (χ0v) is 12.6. The SMILES string of the molecule is CC[C@@H](C)NC(=O)CSCc1cccc(Br)c1. The lowest BCUT2D eigenvalue weighted by Crippen LogP contribution is -2.33. The minimum absolute atomic E-state index is 0.124. The molecule has 0 aliphatic carbocycles. The number of amides is 1. The van der Waals surface area contributed by atoms with E-state index in [1.165, 1.54) is 5.56 Å². The summed E-state index contributed by atoms with van der Waals surface area (Å²) in [5, 5.41) is 2.96. The second-order valence-electron chi connectivity index (χ2n) is 4.00. The molecule has 1 atom stereocenters. The molecular weight excluding hydrogens is 298 g/mol. The molecule has 0 spiro atoms. The number of hydrogen-bond donors (Lipinski definition) is 1. The first kappa shape index (κ1) is 14.6. The molecule has 94 valence electrons. The molecule has 0 bridgehead atoms. The number of carbonyl (C=O) groups is 1. The Morgan fingerprint density at radius 1 is 1.53 bits per heavy atom. The summed E-state index contributed by atoms with van der Waals surface area (Å²) < 4.78 is 1.08. The van der Waals surface area contributed by atoms with Crippen LogP contribution in [0.4, 0.5) is 0 Å². The molecule has 1 aromatic carbocycles. The van der Waals surface area contributed by atoms with E-state index in [9.17, 15) is 4.79 Å². The number of benzene rings is 1. The van der Waals surface area contributed by atoms with Crippen LogP contribution in [0.25, 0.3) is 0 Å². The highest BCUT2D eigenvalue weighted by Crippen LogP contribution is 2.16. The largest absolute Gasteiger partial charge is 0.353 e. The van der Waals surface area contributed by atoms with E-state index < -0.39 is 0 Å². The van der Waals surface area contributed by atoms with Crippen molar-refractivity contribution in [3.8, 4) is 0 Å². The third-order valence-electron chi connectivity index (χ3n) is 2.41. The molecule has 0 saturated carbocycles. The highest BCUT2D eigenvalue weighted by molar-refractivity contribution is 9.10. The standard InChI is InChI=1S/C13H18BrNOS/c1-3-10(2)15-13(16)9-17-8-11-5-4-6-12(14)7-11/h4-7,10H,3,8-9H2,1-2H3,(H,15,16)/t10-/m1/s1. The first-order valence-corrected chi connectivity index (χ1v) is 7.68. The Morgan fingerprint density at radius 3 is 2.94 bits per heavy atom. The molecule has 1 aromatic rings. The molecule has 17 heavy (non-hydrogen) atoms. The molecule has 0 saturated heterocycles. The second kappa shape index (κ2) is 7.77. The lowest BCUT2D eigenvalue weighted by atomic mass is 10.2. The molecule has 0 aliphatic rings. The minimum atomic E-state index is 0.124. The van der Waals surface area contributed by atoms with E-state index in [0.29, 0.717) is 5.75 Å². The van der Waals surface area contributed by atoms with Crippen molar-refractivity contribution in [3.05, 3.63) is 34.3 Å². The van der Waals surface area contributed by atoms with Crippen LogP contribution in [0.1, 0.15) is 25.8 Å². The maximum atomic E-state index is 11.5. The van der Waals surface area contributed by atoms with Crippen molar-refractivity contribution in [2.75, 3.05) is 5.75 Å². The van der Waals surface area contributed by atoms with Crippen LogP contribution in [-0.4, -0.2) is 17.7 Å². The zero-order valence-electron chi connectivity index (χ0n) is 10.2. The van der Waals surface area contributed by atoms with E-state index in [0.717, 1.165) is 16.6 Å². The van der Waals surface area contributed by atoms with Crippen LogP contribution in [0.5, 0.6) is 0 Å². The predicted octanol–water partition coefficient (Wildman–Crippen LogP) is 3.60. The van der Waals surface area contributed by atoms with Gasteiger partial charge in [0.05, 0.1) is 5.75 Å². The van der Waals surface area contributed by atoms with Gasteiger partial charge >= 0.3 is 0 Å². The summed E-state index contributed by atoms with van der Waals surface area (Å²) >= 11 is 5.08. The molecule has 0 heterocycles. The van der Waals surface area contributed by atoms with Gasteiger partial charge in [0.2, 0.25) is 5.91 Å². The number of hydrogen-bond acceptors (Lipinski definition) is 2. The van der Waals surface area contributed by atoms with Gasteiger partial charge in [0.1, 0.15) is 0 Å².